The minimum absolute atomic E-state index is 0.201. The van der Waals surface area contributed by atoms with E-state index in [-0.39, 0.29) is 17.0 Å². The van der Waals surface area contributed by atoms with Gasteiger partial charge in [0, 0.05) is 18.5 Å². The monoisotopic (exact) mass is 370 g/mol. The number of aromatic amines is 1. The molecule has 1 saturated heterocycles. The van der Waals surface area contributed by atoms with E-state index in [0.717, 1.165) is 44.0 Å². The van der Waals surface area contributed by atoms with Crippen LogP contribution in [0.2, 0.25) is 0 Å². The van der Waals surface area contributed by atoms with Gasteiger partial charge in [-0.2, -0.15) is 0 Å². The van der Waals surface area contributed by atoms with Crippen LogP contribution in [0.1, 0.15) is 57.0 Å². The first-order valence-electron chi connectivity index (χ1n) is 9.44. The summed E-state index contributed by atoms with van der Waals surface area (Å²) in [6, 6.07) is 4.24. The van der Waals surface area contributed by atoms with Crippen LogP contribution in [0, 0.1) is 6.92 Å². The topological polar surface area (TPSA) is 92.8 Å². The number of aryl methyl sites for hydroxylation is 1. The van der Waals surface area contributed by atoms with Gasteiger partial charge in [0.05, 0.1) is 12.6 Å². The van der Waals surface area contributed by atoms with Gasteiger partial charge in [-0.15, -0.1) is 5.10 Å². The van der Waals surface area contributed by atoms with E-state index in [1.807, 2.05) is 44.5 Å². The molecule has 0 spiro atoms. The van der Waals surface area contributed by atoms with Crippen molar-refractivity contribution in [3.8, 4) is 0 Å². The molecular weight excluding hydrogens is 344 g/mol. The summed E-state index contributed by atoms with van der Waals surface area (Å²) in [5, 5.41) is 8.35. The zero-order valence-electron chi connectivity index (χ0n) is 16.3. The molecule has 8 heteroatoms. The van der Waals surface area contributed by atoms with E-state index in [4.69, 9.17) is 4.42 Å². The van der Waals surface area contributed by atoms with E-state index in [0.29, 0.717) is 17.0 Å². The highest BCUT2D eigenvalue weighted by molar-refractivity contribution is 5.68. The van der Waals surface area contributed by atoms with Crippen molar-refractivity contribution in [2.24, 2.45) is 0 Å². The predicted octanol–water partition coefficient (Wildman–Crippen LogP) is 2.55. The summed E-state index contributed by atoms with van der Waals surface area (Å²) in [5.41, 5.74) is 0.439. The molecule has 0 aromatic carbocycles. The third kappa shape index (κ3) is 3.53. The van der Waals surface area contributed by atoms with Crippen molar-refractivity contribution < 1.29 is 4.42 Å². The smallest absolute Gasteiger partial charge is 0.281 e. The second-order valence-corrected chi connectivity index (χ2v) is 8.39. The molecule has 1 aliphatic rings. The minimum atomic E-state index is -0.243. The van der Waals surface area contributed by atoms with Crippen LogP contribution in [0.3, 0.4) is 0 Å². The molecule has 4 heterocycles. The number of aromatic nitrogens is 5. The van der Waals surface area contributed by atoms with Gasteiger partial charge < -0.3 is 9.40 Å². The molecule has 0 bridgehead atoms. The summed E-state index contributed by atoms with van der Waals surface area (Å²) < 4.78 is 7.53. The van der Waals surface area contributed by atoms with Crippen LogP contribution in [-0.4, -0.2) is 43.0 Å². The first kappa shape index (κ1) is 17.9. The minimum Gasteiger partial charge on any atom is -0.465 e. The molecule has 4 rings (SSSR count). The van der Waals surface area contributed by atoms with Crippen LogP contribution in [0.15, 0.2) is 21.3 Å². The molecule has 1 fully saturated rings. The van der Waals surface area contributed by atoms with Crippen molar-refractivity contribution in [3.63, 3.8) is 0 Å². The number of H-pyrrole nitrogens is 1. The number of piperidine rings is 1. The largest absolute Gasteiger partial charge is 0.465 e. The number of rotatable bonds is 3. The van der Waals surface area contributed by atoms with Gasteiger partial charge in [0.15, 0.2) is 11.2 Å². The number of hydrogen-bond acceptors (Lipinski definition) is 6. The van der Waals surface area contributed by atoms with Crippen molar-refractivity contribution in [1.29, 1.82) is 0 Å². The average Bonchev–Trinajstić information content (AvgIpc) is 3.21. The first-order chi connectivity index (χ1) is 12.8. The third-order valence-electron chi connectivity index (χ3n) is 5.12. The number of hydrogen-bond donors (Lipinski definition) is 1. The zero-order valence-corrected chi connectivity index (χ0v) is 16.3. The lowest BCUT2D eigenvalue weighted by Crippen LogP contribution is -2.34. The zero-order chi connectivity index (χ0) is 19.2. The fraction of sp³-hybridized carbons (Fsp3) is 0.579. The maximum absolute atomic E-state index is 12.4. The van der Waals surface area contributed by atoms with Crippen molar-refractivity contribution in [1.82, 2.24) is 29.9 Å². The van der Waals surface area contributed by atoms with E-state index >= 15 is 0 Å². The molecular formula is C19H26N6O2. The van der Waals surface area contributed by atoms with E-state index in [1.165, 1.54) is 0 Å². The summed E-state index contributed by atoms with van der Waals surface area (Å²) in [6.07, 6.45) is 1.88. The van der Waals surface area contributed by atoms with Crippen LogP contribution < -0.4 is 5.56 Å². The molecule has 27 heavy (non-hydrogen) atoms. The Labute approximate surface area is 157 Å². The Morgan fingerprint density at radius 3 is 2.63 bits per heavy atom. The van der Waals surface area contributed by atoms with E-state index < -0.39 is 0 Å². The summed E-state index contributed by atoms with van der Waals surface area (Å²) in [4.78, 5) is 22.3. The fourth-order valence-electron chi connectivity index (χ4n) is 3.55. The average molecular weight is 370 g/mol. The van der Waals surface area contributed by atoms with Gasteiger partial charge >= 0.3 is 0 Å². The number of nitrogens with one attached hydrogen (secondary N) is 1. The van der Waals surface area contributed by atoms with Crippen LogP contribution in [0.25, 0.3) is 11.2 Å². The molecule has 0 unspecified atom stereocenters. The molecule has 1 N–H and O–H groups in total. The highest BCUT2D eigenvalue weighted by Gasteiger charge is 2.26. The van der Waals surface area contributed by atoms with Gasteiger partial charge in [-0.05, 0) is 31.9 Å². The molecule has 8 nitrogen and oxygen atoms in total. The summed E-state index contributed by atoms with van der Waals surface area (Å²) in [6.45, 7) is 10.8. The van der Waals surface area contributed by atoms with Gasteiger partial charge in [0.2, 0.25) is 0 Å². The Kier molecular flexibility index (Phi) is 4.38. The van der Waals surface area contributed by atoms with Crippen molar-refractivity contribution >= 4 is 11.2 Å². The van der Waals surface area contributed by atoms with Crippen LogP contribution in [-0.2, 0) is 12.0 Å². The molecule has 0 atom stereocenters. The first-order valence-corrected chi connectivity index (χ1v) is 9.44. The van der Waals surface area contributed by atoms with Crippen LogP contribution in [0.5, 0.6) is 0 Å². The number of fused-ring (bicyclic) bond motifs is 1. The summed E-state index contributed by atoms with van der Waals surface area (Å²) in [5.74, 6) is 2.61. The molecule has 0 saturated carbocycles. The lowest BCUT2D eigenvalue weighted by atomic mass is 9.96. The Morgan fingerprint density at radius 2 is 2.00 bits per heavy atom. The fourth-order valence-corrected chi connectivity index (χ4v) is 3.55. The van der Waals surface area contributed by atoms with Crippen molar-refractivity contribution in [2.75, 3.05) is 13.1 Å². The Hall–Kier alpha value is -2.48. The standard InChI is InChI=1S/C19H26N6O2/c1-12-5-6-14(27-12)11-24-9-7-13(8-10-24)25-16-15(22-23-25)17(26)21-18(20-16)19(2,3)4/h5-6,13H,7-11H2,1-4H3,(H,20,21,26). The lowest BCUT2D eigenvalue weighted by molar-refractivity contribution is 0.163. The maximum Gasteiger partial charge on any atom is 0.281 e. The molecule has 144 valence electrons. The SMILES string of the molecule is Cc1ccc(CN2CCC(n3nnc4c(=O)[nH]c(C(C)(C)C)nc43)CC2)o1. The van der Waals surface area contributed by atoms with Crippen LogP contribution in [0.4, 0.5) is 0 Å². The third-order valence-corrected chi connectivity index (χ3v) is 5.12. The Morgan fingerprint density at radius 1 is 1.26 bits per heavy atom. The molecule has 1 aliphatic heterocycles. The van der Waals surface area contributed by atoms with Gasteiger partial charge in [-0.3, -0.25) is 9.69 Å². The normalized spacial score (nSPS) is 17.0. The second-order valence-electron chi connectivity index (χ2n) is 8.39. The van der Waals surface area contributed by atoms with Gasteiger partial charge in [0.1, 0.15) is 17.3 Å². The Bertz CT molecular complexity index is 1000. The van der Waals surface area contributed by atoms with Gasteiger partial charge in [0.25, 0.3) is 5.56 Å². The van der Waals surface area contributed by atoms with Gasteiger partial charge in [-0.1, -0.05) is 26.0 Å². The number of furan rings is 1. The van der Waals surface area contributed by atoms with Crippen LogP contribution >= 0.6 is 0 Å². The van der Waals surface area contributed by atoms with Gasteiger partial charge in [-0.25, -0.2) is 9.67 Å². The molecule has 0 aliphatic carbocycles. The molecule has 3 aromatic rings. The molecule has 0 radical (unpaired) electrons. The lowest BCUT2D eigenvalue weighted by Gasteiger charge is -2.31. The summed E-state index contributed by atoms with van der Waals surface area (Å²) >= 11 is 0. The second kappa shape index (κ2) is 6.60. The molecule has 0 amide bonds. The van der Waals surface area contributed by atoms with E-state index in [9.17, 15) is 4.79 Å². The maximum atomic E-state index is 12.4. The van der Waals surface area contributed by atoms with E-state index in [2.05, 4.69) is 25.2 Å². The quantitative estimate of drug-likeness (QED) is 0.762. The summed E-state index contributed by atoms with van der Waals surface area (Å²) in [7, 11) is 0. The predicted molar refractivity (Wildman–Crippen MR) is 102 cm³/mol. The van der Waals surface area contributed by atoms with Crippen molar-refractivity contribution in [2.45, 2.75) is 58.5 Å². The Balaban J connectivity index is 1.53. The van der Waals surface area contributed by atoms with Crippen molar-refractivity contribution in [3.05, 3.63) is 39.8 Å². The highest BCUT2D eigenvalue weighted by Crippen LogP contribution is 2.26. The van der Waals surface area contributed by atoms with E-state index in [1.54, 1.807) is 0 Å². The number of likely N-dealkylation sites (tertiary alicyclic amines) is 1. The number of nitrogens with zero attached hydrogens (tertiary/aromatic N) is 5. The molecule has 3 aromatic heterocycles. The highest BCUT2D eigenvalue weighted by atomic mass is 16.3.